The van der Waals surface area contributed by atoms with Crippen molar-refractivity contribution in [3.63, 3.8) is 0 Å². The monoisotopic (exact) mass is 557 g/mol. The number of aryl methyl sites for hydroxylation is 1. The normalized spacial score (nSPS) is 13.6. The van der Waals surface area contributed by atoms with E-state index in [-0.39, 0.29) is 11.8 Å². The summed E-state index contributed by atoms with van der Waals surface area (Å²) < 4.78 is 5.30. The maximum Gasteiger partial charge on any atom is 0.254 e. The van der Waals surface area contributed by atoms with Crippen LogP contribution in [0.25, 0.3) is 6.08 Å². The number of nitrogens with zero attached hydrogens (tertiary/aromatic N) is 2. The average molecular weight is 559 g/mol. The second kappa shape index (κ2) is 11.9. The molecule has 6 nitrogen and oxygen atoms in total. The van der Waals surface area contributed by atoms with Gasteiger partial charge in [0.2, 0.25) is 5.91 Å². The first-order chi connectivity index (χ1) is 17.8. The molecule has 0 spiro atoms. The van der Waals surface area contributed by atoms with Gasteiger partial charge in [0.25, 0.3) is 5.91 Å². The Morgan fingerprint density at radius 3 is 2.35 bits per heavy atom. The first kappa shape index (κ1) is 26.9. The molecule has 1 saturated heterocycles. The highest BCUT2D eigenvalue weighted by atomic mass is 35.5. The molecule has 0 aromatic heterocycles. The van der Waals surface area contributed by atoms with E-state index in [4.69, 9.17) is 39.5 Å². The van der Waals surface area contributed by atoms with E-state index in [1.807, 2.05) is 42.2 Å². The highest BCUT2D eigenvalue weighted by Crippen LogP contribution is 2.33. The second-order valence-corrected chi connectivity index (χ2v) is 9.84. The van der Waals surface area contributed by atoms with E-state index in [2.05, 4.69) is 10.2 Å². The number of carbonyl (C=O) groups excluding carboxylic acids is 2. The Balaban J connectivity index is 1.37. The Labute approximate surface area is 231 Å². The Morgan fingerprint density at radius 1 is 0.946 bits per heavy atom. The lowest BCUT2D eigenvalue weighted by Crippen LogP contribution is -2.49. The Hall–Kier alpha value is -3.19. The average Bonchev–Trinajstić information content (AvgIpc) is 2.87. The molecule has 192 valence electrons. The van der Waals surface area contributed by atoms with Crippen molar-refractivity contribution >= 4 is 64.1 Å². The maximum atomic E-state index is 12.9. The van der Waals surface area contributed by atoms with Crippen LogP contribution in [0.3, 0.4) is 0 Å². The van der Waals surface area contributed by atoms with Gasteiger partial charge in [-0.05, 0) is 55.0 Å². The van der Waals surface area contributed by atoms with Crippen LogP contribution in [0, 0.1) is 6.92 Å². The largest absolute Gasteiger partial charge is 0.495 e. The quantitative estimate of drug-likeness (QED) is 0.347. The topological polar surface area (TPSA) is 61.9 Å². The lowest BCUT2D eigenvalue weighted by atomic mass is 10.1. The summed E-state index contributed by atoms with van der Waals surface area (Å²) in [7, 11) is 1.50. The van der Waals surface area contributed by atoms with E-state index in [1.165, 1.54) is 13.2 Å². The molecule has 37 heavy (non-hydrogen) atoms. The van der Waals surface area contributed by atoms with Gasteiger partial charge in [-0.2, -0.15) is 0 Å². The maximum absolute atomic E-state index is 12.9. The summed E-state index contributed by atoms with van der Waals surface area (Å²) in [6, 6.07) is 16.3. The third-order valence-corrected chi connectivity index (χ3v) is 6.96. The van der Waals surface area contributed by atoms with Gasteiger partial charge in [-0.1, -0.05) is 53.0 Å². The van der Waals surface area contributed by atoms with Gasteiger partial charge in [0.15, 0.2) is 0 Å². The summed E-state index contributed by atoms with van der Waals surface area (Å²) in [5.41, 5.74) is 3.72. The molecule has 1 fully saturated rings. The van der Waals surface area contributed by atoms with Gasteiger partial charge in [0.1, 0.15) is 5.75 Å². The fraction of sp³-hybridized carbons (Fsp3) is 0.214. The minimum absolute atomic E-state index is 0.0487. The van der Waals surface area contributed by atoms with Crippen LogP contribution in [0.15, 0.2) is 60.7 Å². The van der Waals surface area contributed by atoms with Crippen molar-refractivity contribution in [2.75, 3.05) is 43.5 Å². The molecule has 1 N–H and O–H groups in total. The number of rotatable bonds is 6. The molecule has 0 atom stereocenters. The number of amides is 2. The number of carbonyl (C=O) groups is 2. The number of nitrogens with one attached hydrogen (secondary N) is 1. The van der Waals surface area contributed by atoms with Gasteiger partial charge in [-0.25, -0.2) is 0 Å². The van der Waals surface area contributed by atoms with E-state index in [9.17, 15) is 9.59 Å². The first-order valence-electron chi connectivity index (χ1n) is 11.7. The van der Waals surface area contributed by atoms with E-state index in [1.54, 1.807) is 30.3 Å². The van der Waals surface area contributed by atoms with Crippen molar-refractivity contribution in [2.24, 2.45) is 0 Å². The summed E-state index contributed by atoms with van der Waals surface area (Å²) in [6.07, 6.45) is 2.95. The van der Waals surface area contributed by atoms with Gasteiger partial charge in [-0.15, -0.1) is 0 Å². The molecule has 0 bridgehead atoms. The van der Waals surface area contributed by atoms with Crippen LogP contribution in [-0.4, -0.2) is 50.0 Å². The van der Waals surface area contributed by atoms with Crippen molar-refractivity contribution in [1.82, 2.24) is 4.90 Å². The van der Waals surface area contributed by atoms with Crippen molar-refractivity contribution in [2.45, 2.75) is 6.92 Å². The minimum Gasteiger partial charge on any atom is -0.495 e. The van der Waals surface area contributed by atoms with Crippen molar-refractivity contribution in [3.05, 3.63) is 92.4 Å². The molecule has 1 aliphatic rings. The molecule has 3 aromatic carbocycles. The van der Waals surface area contributed by atoms with Gasteiger partial charge in [0.05, 0.1) is 22.8 Å². The number of hydrogen-bond acceptors (Lipinski definition) is 4. The predicted octanol–water partition coefficient (Wildman–Crippen LogP) is 6.58. The van der Waals surface area contributed by atoms with Gasteiger partial charge < -0.3 is 19.9 Å². The van der Waals surface area contributed by atoms with Gasteiger partial charge in [0, 0.05) is 54.1 Å². The van der Waals surface area contributed by atoms with Crippen molar-refractivity contribution in [1.29, 1.82) is 0 Å². The molecule has 4 rings (SSSR count). The Kier molecular flexibility index (Phi) is 8.64. The molecule has 0 saturated carbocycles. The zero-order valence-corrected chi connectivity index (χ0v) is 22.7. The van der Waals surface area contributed by atoms with E-state index in [0.717, 1.165) is 16.8 Å². The second-order valence-electron chi connectivity index (χ2n) is 8.59. The van der Waals surface area contributed by atoms with E-state index < -0.39 is 0 Å². The number of piperazine rings is 1. The van der Waals surface area contributed by atoms with Crippen LogP contribution in [0.2, 0.25) is 15.1 Å². The number of benzene rings is 3. The highest BCUT2D eigenvalue weighted by molar-refractivity contribution is 6.36. The molecule has 1 heterocycles. The van der Waals surface area contributed by atoms with Crippen LogP contribution >= 0.6 is 34.8 Å². The van der Waals surface area contributed by atoms with Crippen LogP contribution in [0.5, 0.6) is 5.75 Å². The number of ether oxygens (including phenoxy) is 1. The lowest BCUT2D eigenvalue weighted by Gasteiger charge is -2.36. The van der Waals surface area contributed by atoms with E-state index in [0.29, 0.717) is 58.2 Å². The number of hydrogen-bond donors (Lipinski definition) is 1. The standard InChI is InChI=1S/C28H26Cl3N3O3/c1-18-5-3-4-6-22(18)28(36)34-13-11-33(12-14-34)25-9-8-21(17-23(25)30)32-26(35)10-7-19-15-20(29)16-24(31)27(19)37-2/h3-10,15-17H,11-14H2,1-2H3,(H,32,35). The molecular formula is C28H26Cl3N3O3. The molecule has 3 aromatic rings. The fourth-order valence-corrected chi connectivity index (χ4v) is 5.13. The zero-order chi connectivity index (χ0) is 26.5. The molecule has 0 unspecified atom stereocenters. The first-order valence-corrected chi connectivity index (χ1v) is 12.8. The highest BCUT2D eigenvalue weighted by Gasteiger charge is 2.24. The SMILES string of the molecule is COc1c(Cl)cc(Cl)cc1C=CC(=O)Nc1ccc(N2CCN(C(=O)c3ccccc3C)CC2)c(Cl)c1. The zero-order valence-electron chi connectivity index (χ0n) is 20.4. The van der Waals surface area contributed by atoms with Crippen molar-refractivity contribution in [3.8, 4) is 5.75 Å². The molecule has 2 amide bonds. The van der Waals surface area contributed by atoms with E-state index >= 15 is 0 Å². The summed E-state index contributed by atoms with van der Waals surface area (Å²) in [5, 5.41) is 4.12. The Morgan fingerprint density at radius 2 is 1.68 bits per heavy atom. The number of anilines is 2. The molecule has 0 aliphatic carbocycles. The van der Waals surface area contributed by atoms with Crippen LogP contribution < -0.4 is 15.0 Å². The number of methoxy groups -OCH3 is 1. The van der Waals surface area contributed by atoms with Crippen molar-refractivity contribution < 1.29 is 14.3 Å². The summed E-state index contributed by atoms with van der Waals surface area (Å²) in [4.78, 5) is 29.4. The third-order valence-electron chi connectivity index (χ3n) is 6.15. The van der Waals surface area contributed by atoms with Crippen LogP contribution in [-0.2, 0) is 4.79 Å². The van der Waals surface area contributed by atoms with Crippen LogP contribution in [0.4, 0.5) is 11.4 Å². The van der Waals surface area contributed by atoms with Gasteiger partial charge in [-0.3, -0.25) is 9.59 Å². The lowest BCUT2D eigenvalue weighted by molar-refractivity contribution is -0.111. The third kappa shape index (κ3) is 6.39. The molecule has 9 heteroatoms. The molecule has 0 radical (unpaired) electrons. The summed E-state index contributed by atoms with van der Waals surface area (Å²) >= 11 is 18.8. The smallest absolute Gasteiger partial charge is 0.254 e. The fourth-order valence-electron chi connectivity index (χ4n) is 4.24. The minimum atomic E-state index is -0.342. The number of halogens is 3. The van der Waals surface area contributed by atoms with Gasteiger partial charge >= 0.3 is 0 Å². The summed E-state index contributed by atoms with van der Waals surface area (Å²) in [6.45, 7) is 4.47. The predicted molar refractivity (Wildman–Crippen MR) is 151 cm³/mol. The molecular weight excluding hydrogens is 533 g/mol. The summed E-state index contributed by atoms with van der Waals surface area (Å²) in [5.74, 6) is 0.140. The molecule has 1 aliphatic heterocycles. The van der Waals surface area contributed by atoms with Crippen LogP contribution in [0.1, 0.15) is 21.5 Å². The Bertz CT molecular complexity index is 1350.